The topological polar surface area (TPSA) is 192 Å². The molecule has 2 N–H and O–H groups in total. The summed E-state index contributed by atoms with van der Waals surface area (Å²) in [7, 11) is 0. The SMILES string of the molecule is O=C([O-])c1ccccc1C(=O)OCCOCCO.O=C([O-])c1ccccc1C(=O)OCCOCCO.[Pb+2]. The molecule has 0 aliphatic heterocycles. The number of hydrogen-bond donors (Lipinski definition) is 2. The predicted molar refractivity (Wildman–Crippen MR) is 124 cm³/mol. The van der Waals surface area contributed by atoms with Gasteiger partial charge in [-0.15, -0.1) is 0 Å². The van der Waals surface area contributed by atoms with E-state index in [0.717, 1.165) is 0 Å². The summed E-state index contributed by atoms with van der Waals surface area (Å²) in [5.41, 5.74) is -0.531. The van der Waals surface area contributed by atoms with E-state index in [1.165, 1.54) is 48.5 Å². The van der Waals surface area contributed by atoms with Crippen LogP contribution in [0.15, 0.2) is 48.5 Å². The van der Waals surface area contributed by atoms with Crippen LogP contribution in [-0.2, 0) is 18.9 Å². The number of aromatic carboxylic acids is 2. The Labute approximate surface area is 232 Å². The zero-order valence-electron chi connectivity index (χ0n) is 19.8. The van der Waals surface area contributed by atoms with Crippen LogP contribution in [0.3, 0.4) is 0 Å². The first-order chi connectivity index (χ1) is 17.3. The average Bonchev–Trinajstić information content (AvgIpc) is 2.88. The van der Waals surface area contributed by atoms with Gasteiger partial charge in [-0.25, -0.2) is 9.59 Å². The molecule has 0 spiro atoms. The number of carboxylic acid groups (broad SMARTS) is 2. The summed E-state index contributed by atoms with van der Waals surface area (Å²) in [5, 5.41) is 38.4. The minimum absolute atomic E-state index is 0. The molecule has 0 atom stereocenters. The number of carbonyl (C=O) groups excluding carboxylic acids is 4. The fourth-order valence-electron chi connectivity index (χ4n) is 2.55. The monoisotopic (exact) mass is 714 g/mol. The van der Waals surface area contributed by atoms with Gasteiger partial charge in [0.25, 0.3) is 0 Å². The Morgan fingerprint density at radius 2 is 0.892 bits per heavy atom. The molecule has 2 aromatic carbocycles. The van der Waals surface area contributed by atoms with E-state index >= 15 is 0 Å². The van der Waals surface area contributed by atoms with Gasteiger partial charge in [0.1, 0.15) is 13.2 Å². The molecule has 0 aliphatic rings. The maximum absolute atomic E-state index is 11.6. The molecule has 0 bridgehead atoms. The van der Waals surface area contributed by atoms with Gasteiger partial charge in [0.05, 0.1) is 62.7 Å². The Kier molecular flexibility index (Phi) is 18.6. The van der Waals surface area contributed by atoms with Crippen LogP contribution in [-0.4, -0.2) is 114 Å². The van der Waals surface area contributed by atoms with Crippen LogP contribution in [0.4, 0.5) is 0 Å². The molecular weight excluding hydrogens is 687 g/mol. The number of aliphatic hydroxyl groups is 2. The second kappa shape index (κ2) is 20.2. The van der Waals surface area contributed by atoms with Gasteiger partial charge in [0, 0.05) is 11.1 Å². The van der Waals surface area contributed by atoms with Crippen molar-refractivity contribution >= 4 is 51.2 Å². The quantitative estimate of drug-likeness (QED) is 0.125. The molecule has 0 aromatic heterocycles. The number of carboxylic acids is 2. The molecule has 0 aliphatic carbocycles. The van der Waals surface area contributed by atoms with Crippen LogP contribution < -0.4 is 10.2 Å². The van der Waals surface area contributed by atoms with Crippen molar-refractivity contribution in [3.05, 3.63) is 70.8 Å². The number of rotatable bonds is 14. The zero-order chi connectivity index (χ0) is 26.8. The molecule has 198 valence electrons. The summed E-state index contributed by atoms with van der Waals surface area (Å²) in [5.74, 6) is -4.36. The van der Waals surface area contributed by atoms with Crippen molar-refractivity contribution in [2.24, 2.45) is 0 Å². The summed E-state index contributed by atoms with van der Waals surface area (Å²) in [6.45, 7) is 0.350. The van der Waals surface area contributed by atoms with E-state index in [1.807, 2.05) is 0 Å². The predicted octanol–water partition coefficient (Wildman–Crippen LogP) is -1.95. The minimum atomic E-state index is -1.43. The van der Waals surface area contributed by atoms with Crippen molar-refractivity contribution in [2.45, 2.75) is 0 Å². The van der Waals surface area contributed by atoms with Crippen molar-refractivity contribution in [1.82, 2.24) is 0 Å². The van der Waals surface area contributed by atoms with Crippen LogP contribution in [0.1, 0.15) is 41.4 Å². The number of ether oxygens (including phenoxy) is 4. The number of hydrogen-bond acceptors (Lipinski definition) is 12. The Balaban J connectivity index is 0.000000682. The fraction of sp³-hybridized carbons (Fsp3) is 0.333. The Bertz CT molecular complexity index is 916. The van der Waals surface area contributed by atoms with Crippen LogP contribution in [0.25, 0.3) is 0 Å². The molecule has 0 amide bonds. The van der Waals surface area contributed by atoms with E-state index in [2.05, 4.69) is 0 Å². The smallest absolute Gasteiger partial charge is 0.545 e. The summed E-state index contributed by atoms with van der Waals surface area (Å²) in [4.78, 5) is 44.7. The fourth-order valence-corrected chi connectivity index (χ4v) is 2.55. The van der Waals surface area contributed by atoms with Gasteiger partial charge in [-0.1, -0.05) is 36.4 Å². The van der Waals surface area contributed by atoms with Crippen molar-refractivity contribution in [1.29, 1.82) is 0 Å². The molecule has 37 heavy (non-hydrogen) atoms. The second-order valence-electron chi connectivity index (χ2n) is 6.61. The van der Waals surface area contributed by atoms with E-state index in [0.29, 0.717) is 0 Å². The number of esters is 2. The Morgan fingerprint density at radius 3 is 1.19 bits per heavy atom. The molecule has 13 heteroatoms. The number of aliphatic hydroxyl groups excluding tert-OH is 2. The van der Waals surface area contributed by atoms with Crippen molar-refractivity contribution in [3.8, 4) is 0 Å². The van der Waals surface area contributed by atoms with Gasteiger partial charge in [-0.3, -0.25) is 0 Å². The first kappa shape index (κ1) is 34.1. The standard InChI is InChI=1S/2C12H14O6.Pb/c2*13-5-6-17-7-8-18-12(16)10-4-2-1-3-9(10)11(14)15;/h2*1-4,13H,5-8H2,(H,14,15);/q;;+2/p-2. The molecule has 0 heterocycles. The summed E-state index contributed by atoms with van der Waals surface area (Å²) in [6.07, 6.45) is 0. The molecular formula is C24H26O12Pb. The first-order valence-corrected chi connectivity index (χ1v) is 10.7. The van der Waals surface area contributed by atoms with Gasteiger partial charge in [0.2, 0.25) is 0 Å². The average molecular weight is 714 g/mol. The molecule has 0 unspecified atom stereocenters. The van der Waals surface area contributed by atoms with Crippen LogP contribution in [0.2, 0.25) is 0 Å². The second-order valence-corrected chi connectivity index (χ2v) is 6.61. The Hall–Kier alpha value is -2.92. The summed E-state index contributed by atoms with van der Waals surface area (Å²) >= 11 is 0. The number of carbonyl (C=O) groups is 4. The van der Waals surface area contributed by atoms with E-state index in [1.54, 1.807) is 0 Å². The molecule has 0 fully saturated rings. The third kappa shape index (κ3) is 13.3. The van der Waals surface area contributed by atoms with E-state index in [-0.39, 0.29) is 102 Å². The molecule has 2 rings (SSSR count). The van der Waals surface area contributed by atoms with E-state index in [4.69, 9.17) is 29.2 Å². The van der Waals surface area contributed by atoms with Crippen LogP contribution in [0.5, 0.6) is 0 Å². The Morgan fingerprint density at radius 1 is 0.568 bits per heavy atom. The molecule has 2 radical (unpaired) electrons. The molecule has 0 saturated carbocycles. The van der Waals surface area contributed by atoms with E-state index in [9.17, 15) is 29.4 Å². The van der Waals surface area contributed by atoms with Crippen molar-refractivity contribution in [2.75, 3.05) is 52.9 Å². The molecule has 2 aromatic rings. The first-order valence-electron chi connectivity index (χ1n) is 10.7. The van der Waals surface area contributed by atoms with E-state index < -0.39 is 23.9 Å². The summed E-state index contributed by atoms with van der Waals surface area (Å²) < 4.78 is 19.4. The van der Waals surface area contributed by atoms with Gasteiger partial charge < -0.3 is 49.0 Å². The molecule has 12 nitrogen and oxygen atoms in total. The maximum atomic E-state index is 11.6. The van der Waals surface area contributed by atoms with Crippen molar-refractivity contribution in [3.63, 3.8) is 0 Å². The van der Waals surface area contributed by atoms with Crippen LogP contribution in [0, 0.1) is 0 Å². The zero-order valence-corrected chi connectivity index (χ0v) is 23.6. The van der Waals surface area contributed by atoms with Crippen molar-refractivity contribution < 1.29 is 58.6 Å². The van der Waals surface area contributed by atoms with Gasteiger partial charge >= 0.3 is 39.2 Å². The van der Waals surface area contributed by atoms with Gasteiger partial charge in [-0.2, -0.15) is 0 Å². The van der Waals surface area contributed by atoms with Gasteiger partial charge in [0.15, 0.2) is 0 Å². The third-order valence-electron chi connectivity index (χ3n) is 4.13. The van der Waals surface area contributed by atoms with Gasteiger partial charge in [-0.05, 0) is 12.1 Å². The minimum Gasteiger partial charge on any atom is -0.545 e. The largest absolute Gasteiger partial charge is 2.00 e. The normalized spacial score (nSPS) is 9.78. The third-order valence-corrected chi connectivity index (χ3v) is 4.13. The number of benzene rings is 2. The maximum Gasteiger partial charge on any atom is 2.00 e. The molecule has 0 saturated heterocycles. The van der Waals surface area contributed by atoms with Crippen LogP contribution >= 0.6 is 0 Å². The summed E-state index contributed by atoms with van der Waals surface area (Å²) in [6, 6.07) is 11.3.